The highest BCUT2D eigenvalue weighted by atomic mass is 32.1. The Bertz CT molecular complexity index is 674. The van der Waals surface area contributed by atoms with Gasteiger partial charge in [-0.2, -0.15) is 13.2 Å². The van der Waals surface area contributed by atoms with Crippen molar-refractivity contribution in [3.05, 3.63) is 35.5 Å². The average Bonchev–Trinajstić information content (AvgIpc) is 2.65. The monoisotopic (exact) mass is 312 g/mol. The molecule has 2 heterocycles. The first kappa shape index (κ1) is 14.3. The Morgan fingerprint density at radius 2 is 2.05 bits per heavy atom. The van der Waals surface area contributed by atoms with Gasteiger partial charge in [0.1, 0.15) is 5.41 Å². The molecule has 0 saturated heterocycles. The van der Waals surface area contributed by atoms with E-state index in [9.17, 15) is 13.2 Å². The molecule has 0 aromatic carbocycles. The van der Waals surface area contributed by atoms with Crippen LogP contribution in [0.25, 0.3) is 16.2 Å². The minimum absolute atomic E-state index is 0.0816. The lowest BCUT2D eigenvalue weighted by molar-refractivity contribution is -0.214. The molecule has 0 aliphatic heterocycles. The lowest BCUT2D eigenvalue weighted by Crippen LogP contribution is -2.48. The first-order valence-electron chi connectivity index (χ1n) is 6.56. The fourth-order valence-corrected chi connectivity index (χ4v) is 3.53. The molecule has 3 nitrogen and oxygen atoms in total. The number of alkyl halides is 3. The normalized spacial score (nSPS) is 17.5. The van der Waals surface area contributed by atoms with E-state index in [0.29, 0.717) is 17.7 Å². The third-order valence-electron chi connectivity index (χ3n) is 4.06. The molecule has 2 aromatic heterocycles. The molecular weight excluding hydrogens is 299 g/mol. The lowest BCUT2D eigenvalue weighted by Gasteiger charge is -2.42. The average molecular weight is 312 g/mol. The number of nitrogens with zero attached hydrogens (tertiary/aromatic N) is 2. The third-order valence-corrected chi connectivity index (χ3v) is 5.08. The summed E-state index contributed by atoms with van der Waals surface area (Å²) in [6.07, 6.45) is -2.10. The molecule has 112 valence electrons. The van der Waals surface area contributed by atoms with Crippen LogP contribution in [0.4, 0.5) is 18.3 Å². The Morgan fingerprint density at radius 1 is 1.33 bits per heavy atom. The van der Waals surface area contributed by atoms with Crippen molar-refractivity contribution in [1.29, 1.82) is 0 Å². The summed E-state index contributed by atoms with van der Waals surface area (Å²) in [6.45, 7) is 1.76. The van der Waals surface area contributed by atoms with Crippen molar-refractivity contribution in [2.24, 2.45) is 0 Å². The third kappa shape index (κ3) is 2.19. The molecule has 3 rings (SSSR count). The first-order valence-corrected chi connectivity index (χ1v) is 7.38. The second-order valence-electron chi connectivity index (χ2n) is 5.30. The van der Waals surface area contributed by atoms with Gasteiger partial charge in [-0.3, -0.25) is 4.98 Å². The van der Waals surface area contributed by atoms with Crippen LogP contribution in [0.1, 0.15) is 30.7 Å². The predicted octanol–water partition coefficient (Wildman–Crippen LogP) is 5.18. The summed E-state index contributed by atoms with van der Waals surface area (Å²) in [5.41, 5.74) is 7.14. The highest BCUT2D eigenvalue weighted by Gasteiger charge is 2.60. The van der Waals surface area contributed by atoms with E-state index in [1.165, 1.54) is 23.6 Å². The van der Waals surface area contributed by atoms with Gasteiger partial charge in [-0.05, 0) is 48.3 Å². The van der Waals surface area contributed by atoms with Crippen molar-refractivity contribution in [2.45, 2.75) is 37.8 Å². The topological polar surface area (TPSA) is 49.6 Å². The molecular formula is C14H13F3N3S-. The number of aryl methyl sites for hydroxylation is 1. The van der Waals surface area contributed by atoms with Crippen LogP contribution in [-0.4, -0.2) is 16.1 Å². The molecule has 0 atom stereocenters. The standard InChI is InChI=1S/C14H13F3N3S/c1-8-11(21-12(18)20-8)9-3-6-19-10(7-9)13(4-2-5-13)14(15,16)17/h3,6-7H,2,4-5H2,1H3,(H-,18,20)/q-1. The molecule has 0 radical (unpaired) electrons. The Hall–Kier alpha value is -1.63. The van der Waals surface area contributed by atoms with Crippen molar-refractivity contribution in [1.82, 2.24) is 9.97 Å². The van der Waals surface area contributed by atoms with Gasteiger partial charge in [0.25, 0.3) is 0 Å². The van der Waals surface area contributed by atoms with E-state index in [2.05, 4.69) is 9.97 Å². The van der Waals surface area contributed by atoms with E-state index in [4.69, 9.17) is 5.73 Å². The Kier molecular flexibility index (Phi) is 3.20. The number of hydrogen-bond acceptors (Lipinski definition) is 3. The number of nitrogens with one attached hydrogen (secondary N) is 1. The van der Waals surface area contributed by atoms with Crippen LogP contribution in [-0.2, 0) is 5.41 Å². The van der Waals surface area contributed by atoms with Crippen molar-refractivity contribution in [3.63, 3.8) is 0 Å². The SMILES string of the molecule is Cc1nc([NH-])sc1-c1ccnc(C2(C(F)(F)F)CCC2)c1. The van der Waals surface area contributed by atoms with Crippen LogP contribution in [0.3, 0.4) is 0 Å². The van der Waals surface area contributed by atoms with Crippen LogP contribution in [0, 0.1) is 6.92 Å². The Balaban J connectivity index is 2.07. The van der Waals surface area contributed by atoms with Crippen molar-refractivity contribution >= 4 is 16.5 Å². The van der Waals surface area contributed by atoms with E-state index in [1.54, 1.807) is 13.0 Å². The fourth-order valence-electron chi connectivity index (χ4n) is 2.71. The maximum absolute atomic E-state index is 13.4. The van der Waals surface area contributed by atoms with Gasteiger partial charge in [0, 0.05) is 11.1 Å². The molecule has 1 N–H and O–H groups in total. The molecule has 0 spiro atoms. The van der Waals surface area contributed by atoms with Gasteiger partial charge in [0.15, 0.2) is 0 Å². The summed E-state index contributed by atoms with van der Waals surface area (Å²) in [6, 6.07) is 3.18. The zero-order valence-corrected chi connectivity index (χ0v) is 12.1. The highest BCUT2D eigenvalue weighted by molar-refractivity contribution is 7.19. The fraction of sp³-hybridized carbons (Fsp3) is 0.429. The minimum Gasteiger partial charge on any atom is -0.473 e. The summed E-state index contributed by atoms with van der Waals surface area (Å²) in [7, 11) is 0. The molecule has 0 bridgehead atoms. The van der Waals surface area contributed by atoms with Gasteiger partial charge < -0.3 is 10.7 Å². The van der Waals surface area contributed by atoms with Gasteiger partial charge in [0.05, 0.1) is 5.69 Å². The summed E-state index contributed by atoms with van der Waals surface area (Å²) in [5, 5.41) is 0.162. The Labute approximate surface area is 124 Å². The molecule has 1 aliphatic rings. The van der Waals surface area contributed by atoms with E-state index >= 15 is 0 Å². The largest absolute Gasteiger partial charge is 0.473 e. The van der Waals surface area contributed by atoms with Gasteiger partial charge in [-0.1, -0.05) is 6.42 Å². The number of aromatic nitrogens is 2. The highest BCUT2D eigenvalue weighted by Crippen LogP contribution is 2.54. The smallest absolute Gasteiger partial charge is 0.399 e. The van der Waals surface area contributed by atoms with E-state index < -0.39 is 11.6 Å². The van der Waals surface area contributed by atoms with Crippen molar-refractivity contribution in [3.8, 4) is 10.4 Å². The molecule has 0 amide bonds. The molecule has 0 unspecified atom stereocenters. The van der Waals surface area contributed by atoms with E-state index in [-0.39, 0.29) is 23.7 Å². The number of rotatable bonds is 2. The molecule has 21 heavy (non-hydrogen) atoms. The van der Waals surface area contributed by atoms with Gasteiger partial charge in [-0.15, -0.1) is 11.3 Å². The summed E-state index contributed by atoms with van der Waals surface area (Å²) < 4.78 is 40.1. The first-order chi connectivity index (χ1) is 9.83. The maximum Gasteiger partial charge on any atom is 0.399 e. The molecule has 2 aromatic rings. The summed E-state index contributed by atoms with van der Waals surface area (Å²) in [5.74, 6) is 0. The zero-order chi connectivity index (χ0) is 15.3. The van der Waals surface area contributed by atoms with Gasteiger partial charge in [0.2, 0.25) is 0 Å². The van der Waals surface area contributed by atoms with Crippen molar-refractivity contribution < 1.29 is 13.2 Å². The lowest BCUT2D eigenvalue weighted by atomic mass is 9.65. The molecule has 1 fully saturated rings. The van der Waals surface area contributed by atoms with Crippen LogP contribution in [0.5, 0.6) is 0 Å². The quantitative estimate of drug-likeness (QED) is 0.767. The van der Waals surface area contributed by atoms with E-state index in [1.807, 2.05) is 0 Å². The second kappa shape index (κ2) is 4.69. The van der Waals surface area contributed by atoms with Crippen molar-refractivity contribution in [2.75, 3.05) is 0 Å². The molecule has 1 aliphatic carbocycles. The van der Waals surface area contributed by atoms with Gasteiger partial charge >= 0.3 is 6.18 Å². The number of thiazole rings is 1. The number of pyridine rings is 1. The summed E-state index contributed by atoms with van der Waals surface area (Å²) >= 11 is 1.17. The van der Waals surface area contributed by atoms with E-state index in [0.717, 1.165) is 4.88 Å². The molecule has 7 heteroatoms. The predicted molar refractivity (Wildman–Crippen MR) is 75.6 cm³/mol. The van der Waals surface area contributed by atoms with Crippen LogP contribution in [0.2, 0.25) is 0 Å². The van der Waals surface area contributed by atoms with Gasteiger partial charge in [-0.25, -0.2) is 0 Å². The second-order valence-corrected chi connectivity index (χ2v) is 6.30. The molecule has 1 saturated carbocycles. The number of halogens is 3. The maximum atomic E-state index is 13.4. The number of hydrogen-bond donors (Lipinski definition) is 0. The van der Waals surface area contributed by atoms with Crippen LogP contribution >= 0.6 is 11.3 Å². The van der Waals surface area contributed by atoms with Crippen LogP contribution < -0.4 is 0 Å². The minimum atomic E-state index is -4.28. The zero-order valence-electron chi connectivity index (χ0n) is 11.3. The summed E-state index contributed by atoms with van der Waals surface area (Å²) in [4.78, 5) is 8.72. The van der Waals surface area contributed by atoms with Crippen LogP contribution in [0.15, 0.2) is 18.3 Å². The Morgan fingerprint density at radius 3 is 2.52 bits per heavy atom.